The Kier molecular flexibility index (Phi) is 7.60. The predicted molar refractivity (Wildman–Crippen MR) is 133 cm³/mol. The molecule has 0 fully saturated rings. The van der Waals surface area contributed by atoms with E-state index in [1.165, 1.54) is 11.3 Å². The maximum atomic E-state index is 13.6. The van der Waals surface area contributed by atoms with Gasteiger partial charge in [-0.25, -0.2) is 4.98 Å². The maximum absolute atomic E-state index is 13.6. The molecule has 4 rings (SSSR count). The van der Waals surface area contributed by atoms with Crippen LogP contribution in [0.2, 0.25) is 0 Å². The van der Waals surface area contributed by atoms with Crippen LogP contribution in [0.1, 0.15) is 22.3 Å². The smallest absolute Gasteiger partial charge is 0.260 e. The van der Waals surface area contributed by atoms with E-state index < -0.39 is 0 Å². The maximum Gasteiger partial charge on any atom is 0.260 e. The van der Waals surface area contributed by atoms with Gasteiger partial charge in [-0.2, -0.15) is 0 Å². The van der Waals surface area contributed by atoms with Crippen molar-refractivity contribution in [2.45, 2.75) is 13.3 Å². The summed E-state index contributed by atoms with van der Waals surface area (Å²) in [6.07, 6.45) is 4.11. The first kappa shape index (κ1) is 23.8. The zero-order valence-electron chi connectivity index (χ0n) is 18.5. The summed E-state index contributed by atoms with van der Waals surface area (Å²) in [5.74, 6) is 0.617. The SMILES string of the molecule is COc1ccc(C)c2sc(N(CCCN(C)C)C(=O)c3ccc4nccnc4c3)nc12.Cl. The molecule has 2 heterocycles. The second-order valence-corrected chi connectivity index (χ2v) is 8.61. The summed E-state index contributed by atoms with van der Waals surface area (Å²) in [6, 6.07) is 9.37. The van der Waals surface area contributed by atoms with Crippen LogP contribution in [-0.4, -0.2) is 60.1 Å². The summed E-state index contributed by atoms with van der Waals surface area (Å²) in [7, 11) is 5.69. The lowest BCUT2D eigenvalue weighted by Gasteiger charge is -2.21. The number of aromatic nitrogens is 3. The Balaban J connectivity index is 0.00000289. The molecule has 0 aliphatic rings. The van der Waals surface area contributed by atoms with Crippen molar-refractivity contribution in [2.75, 3.05) is 39.2 Å². The number of fused-ring (bicyclic) bond motifs is 2. The Labute approximate surface area is 197 Å². The third-order valence-electron chi connectivity index (χ3n) is 5.09. The van der Waals surface area contributed by atoms with Crippen LogP contribution in [-0.2, 0) is 0 Å². The fourth-order valence-corrected chi connectivity index (χ4v) is 4.54. The van der Waals surface area contributed by atoms with Gasteiger partial charge in [0.15, 0.2) is 5.13 Å². The number of aryl methyl sites for hydroxylation is 1. The average Bonchev–Trinajstić information content (AvgIpc) is 3.22. The Bertz CT molecular complexity index is 1240. The number of halogens is 1. The standard InChI is InChI=1S/C23H25N5O2S.ClH/c1-15-6-9-19(30-4)20-21(15)31-23(26-20)28(13-5-12-27(2)3)22(29)16-7-8-17-18(14-16)25-11-10-24-17;/h6-11,14H,5,12-13H2,1-4H3;1H. The van der Waals surface area contributed by atoms with E-state index in [2.05, 4.69) is 14.9 Å². The number of nitrogens with zero attached hydrogens (tertiary/aromatic N) is 5. The lowest BCUT2D eigenvalue weighted by atomic mass is 10.1. The van der Waals surface area contributed by atoms with Crippen molar-refractivity contribution < 1.29 is 9.53 Å². The molecular weight excluding hydrogens is 446 g/mol. The van der Waals surface area contributed by atoms with Gasteiger partial charge in [-0.05, 0) is 63.8 Å². The van der Waals surface area contributed by atoms with Crippen molar-refractivity contribution >= 4 is 56.0 Å². The van der Waals surface area contributed by atoms with Gasteiger partial charge in [0.05, 0.1) is 22.8 Å². The number of benzene rings is 2. The predicted octanol–water partition coefficient (Wildman–Crippen LogP) is 4.58. The van der Waals surface area contributed by atoms with E-state index in [0.29, 0.717) is 28.5 Å². The summed E-state index contributed by atoms with van der Waals surface area (Å²) in [5.41, 5.74) is 3.93. The lowest BCUT2D eigenvalue weighted by Crippen LogP contribution is -2.33. The van der Waals surface area contributed by atoms with Crippen molar-refractivity contribution in [3.05, 3.63) is 53.9 Å². The molecule has 0 saturated carbocycles. The highest BCUT2D eigenvalue weighted by atomic mass is 35.5. The number of anilines is 1. The number of hydrogen-bond acceptors (Lipinski definition) is 7. The molecule has 0 bridgehead atoms. The third kappa shape index (κ3) is 4.82. The molecule has 0 saturated heterocycles. The molecule has 4 aromatic rings. The summed E-state index contributed by atoms with van der Waals surface area (Å²) in [5, 5.41) is 0.672. The monoisotopic (exact) mass is 471 g/mol. The molecule has 0 aliphatic carbocycles. The van der Waals surface area contributed by atoms with Crippen molar-refractivity contribution in [3.63, 3.8) is 0 Å². The summed E-state index contributed by atoms with van der Waals surface area (Å²) in [4.78, 5) is 30.9. The van der Waals surface area contributed by atoms with Crippen molar-refractivity contribution in [3.8, 4) is 5.75 Å². The quantitative estimate of drug-likeness (QED) is 0.393. The van der Waals surface area contributed by atoms with Crippen LogP contribution in [0.4, 0.5) is 5.13 Å². The van der Waals surface area contributed by atoms with E-state index in [-0.39, 0.29) is 18.3 Å². The molecule has 168 valence electrons. The average molecular weight is 472 g/mol. The highest BCUT2D eigenvalue weighted by Gasteiger charge is 2.23. The molecule has 32 heavy (non-hydrogen) atoms. The summed E-state index contributed by atoms with van der Waals surface area (Å²) in [6.45, 7) is 3.49. The topological polar surface area (TPSA) is 71.5 Å². The van der Waals surface area contributed by atoms with Crippen molar-refractivity contribution in [2.24, 2.45) is 0 Å². The van der Waals surface area contributed by atoms with E-state index in [4.69, 9.17) is 9.72 Å². The van der Waals surface area contributed by atoms with Crippen LogP contribution in [0.3, 0.4) is 0 Å². The minimum Gasteiger partial charge on any atom is -0.494 e. The number of carbonyl (C=O) groups excluding carboxylic acids is 1. The lowest BCUT2D eigenvalue weighted by molar-refractivity contribution is 0.0986. The first-order valence-electron chi connectivity index (χ1n) is 10.1. The van der Waals surface area contributed by atoms with Gasteiger partial charge in [-0.15, -0.1) is 12.4 Å². The minimum absolute atomic E-state index is 0. The number of amides is 1. The highest BCUT2D eigenvalue weighted by molar-refractivity contribution is 7.22. The summed E-state index contributed by atoms with van der Waals surface area (Å²) >= 11 is 1.52. The van der Waals surface area contributed by atoms with E-state index in [1.54, 1.807) is 36.5 Å². The highest BCUT2D eigenvalue weighted by Crippen LogP contribution is 2.37. The minimum atomic E-state index is -0.0954. The van der Waals surface area contributed by atoms with E-state index in [0.717, 1.165) is 34.3 Å². The van der Waals surface area contributed by atoms with Gasteiger partial charge in [-0.3, -0.25) is 19.7 Å². The third-order valence-corrected chi connectivity index (χ3v) is 6.31. The van der Waals surface area contributed by atoms with Gasteiger partial charge >= 0.3 is 0 Å². The molecule has 9 heteroatoms. The van der Waals surface area contributed by atoms with Crippen LogP contribution in [0.25, 0.3) is 21.3 Å². The fourth-order valence-electron chi connectivity index (χ4n) is 3.46. The van der Waals surface area contributed by atoms with E-state index >= 15 is 0 Å². The van der Waals surface area contributed by atoms with Crippen LogP contribution < -0.4 is 9.64 Å². The molecule has 2 aromatic heterocycles. The van der Waals surface area contributed by atoms with Gasteiger partial charge in [0.2, 0.25) is 0 Å². The number of hydrogen-bond donors (Lipinski definition) is 0. The number of rotatable bonds is 7. The largest absolute Gasteiger partial charge is 0.494 e. The normalized spacial score (nSPS) is 11.0. The second-order valence-electron chi connectivity index (χ2n) is 7.63. The van der Waals surface area contributed by atoms with E-state index in [1.807, 2.05) is 39.2 Å². The van der Waals surface area contributed by atoms with E-state index in [9.17, 15) is 4.79 Å². The Morgan fingerprint density at radius 3 is 2.53 bits per heavy atom. The molecule has 1 amide bonds. The van der Waals surface area contributed by atoms with Gasteiger partial charge in [0.25, 0.3) is 5.91 Å². The Morgan fingerprint density at radius 1 is 1.06 bits per heavy atom. The Morgan fingerprint density at radius 2 is 1.81 bits per heavy atom. The first-order chi connectivity index (χ1) is 15.0. The molecule has 2 aromatic carbocycles. The molecule has 0 N–H and O–H groups in total. The number of methoxy groups -OCH3 is 1. The van der Waals surface area contributed by atoms with Crippen molar-refractivity contribution in [1.29, 1.82) is 0 Å². The fraction of sp³-hybridized carbons (Fsp3) is 0.304. The molecule has 0 spiro atoms. The molecule has 0 aliphatic heterocycles. The molecule has 0 atom stereocenters. The first-order valence-corrected chi connectivity index (χ1v) is 10.9. The van der Waals surface area contributed by atoms with Gasteiger partial charge < -0.3 is 9.64 Å². The summed E-state index contributed by atoms with van der Waals surface area (Å²) < 4.78 is 6.53. The zero-order valence-corrected chi connectivity index (χ0v) is 20.2. The van der Waals surface area contributed by atoms with Crippen LogP contribution >= 0.6 is 23.7 Å². The molecule has 7 nitrogen and oxygen atoms in total. The van der Waals surface area contributed by atoms with Crippen molar-refractivity contribution in [1.82, 2.24) is 19.9 Å². The number of thiazole rings is 1. The molecular formula is C23H26ClN5O2S. The van der Waals surface area contributed by atoms with Gasteiger partial charge in [0.1, 0.15) is 11.3 Å². The number of carbonyl (C=O) groups is 1. The Hall–Kier alpha value is -2.81. The zero-order chi connectivity index (χ0) is 22.0. The van der Waals surface area contributed by atoms with Gasteiger partial charge in [0, 0.05) is 24.5 Å². The van der Waals surface area contributed by atoms with Crippen LogP contribution in [0.5, 0.6) is 5.75 Å². The van der Waals surface area contributed by atoms with Crippen LogP contribution in [0, 0.1) is 6.92 Å². The number of ether oxygens (including phenoxy) is 1. The second kappa shape index (κ2) is 10.2. The van der Waals surface area contributed by atoms with Gasteiger partial charge in [-0.1, -0.05) is 17.4 Å². The molecule has 0 unspecified atom stereocenters. The van der Waals surface area contributed by atoms with Crippen LogP contribution in [0.15, 0.2) is 42.7 Å². The molecule has 0 radical (unpaired) electrons.